The molecule has 2 aromatic carbocycles. The normalized spacial score (nSPS) is 11.8. The number of ether oxygens (including phenoxy) is 2. The Labute approximate surface area is 125 Å². The molecule has 2 rings (SSSR count). The van der Waals surface area contributed by atoms with E-state index in [4.69, 9.17) is 9.47 Å². The van der Waals surface area contributed by atoms with Crippen LogP contribution in [0.1, 0.15) is 29.8 Å². The molecule has 0 fully saturated rings. The van der Waals surface area contributed by atoms with Gasteiger partial charge >= 0.3 is 0 Å². The fourth-order valence-corrected chi connectivity index (χ4v) is 2.09. The summed E-state index contributed by atoms with van der Waals surface area (Å²) in [6, 6.07) is 14.9. The maximum Gasteiger partial charge on any atom is 0.202 e. The van der Waals surface area contributed by atoms with Gasteiger partial charge in [0.15, 0.2) is 6.10 Å². The number of carbonyl (C=O) groups is 1. The van der Waals surface area contributed by atoms with E-state index in [1.54, 1.807) is 38.3 Å². The molecule has 3 heteroatoms. The molecule has 0 spiro atoms. The maximum atomic E-state index is 12.3. The molecule has 0 saturated carbocycles. The van der Waals surface area contributed by atoms with Crippen LogP contribution in [0.25, 0.3) is 0 Å². The molecule has 0 aromatic heterocycles. The van der Waals surface area contributed by atoms with E-state index in [1.807, 2.05) is 24.3 Å². The number of carbonyl (C=O) groups excluding carboxylic acids is 1. The summed E-state index contributed by atoms with van der Waals surface area (Å²) in [5.74, 6) is 1.42. The van der Waals surface area contributed by atoms with Gasteiger partial charge in [0.25, 0.3) is 0 Å². The minimum Gasteiger partial charge on any atom is -0.497 e. The Morgan fingerprint density at radius 2 is 1.81 bits per heavy atom. The third-order valence-corrected chi connectivity index (χ3v) is 3.36. The van der Waals surface area contributed by atoms with E-state index in [0.29, 0.717) is 5.56 Å². The Bertz CT molecular complexity index is 602. The quantitative estimate of drug-likeness (QED) is 0.754. The molecule has 0 bridgehead atoms. The molecular formula is C18H20O3. The summed E-state index contributed by atoms with van der Waals surface area (Å²) in [6.45, 7) is 3.86. The second-order valence-electron chi connectivity index (χ2n) is 4.85. The van der Waals surface area contributed by atoms with Crippen molar-refractivity contribution in [3.8, 4) is 11.5 Å². The molecular weight excluding hydrogens is 264 g/mol. The van der Waals surface area contributed by atoms with Crippen LogP contribution >= 0.6 is 0 Å². The summed E-state index contributed by atoms with van der Waals surface area (Å²) in [4.78, 5) is 12.3. The van der Waals surface area contributed by atoms with E-state index in [9.17, 15) is 4.79 Å². The van der Waals surface area contributed by atoms with Gasteiger partial charge in [0.1, 0.15) is 11.5 Å². The first-order valence-electron chi connectivity index (χ1n) is 7.08. The third kappa shape index (κ3) is 3.85. The van der Waals surface area contributed by atoms with Gasteiger partial charge in [0.05, 0.1) is 7.11 Å². The Kier molecular flexibility index (Phi) is 4.99. The molecule has 0 amide bonds. The SMILES string of the molecule is CCc1cccc(OC(C)C(=O)c2ccc(OC)cc2)c1. The predicted molar refractivity (Wildman–Crippen MR) is 83.2 cm³/mol. The summed E-state index contributed by atoms with van der Waals surface area (Å²) >= 11 is 0. The van der Waals surface area contributed by atoms with Crippen LogP contribution in [0.5, 0.6) is 11.5 Å². The number of hydrogen-bond donors (Lipinski definition) is 0. The van der Waals surface area contributed by atoms with Crippen molar-refractivity contribution in [2.45, 2.75) is 26.4 Å². The molecule has 3 nitrogen and oxygen atoms in total. The van der Waals surface area contributed by atoms with E-state index in [2.05, 4.69) is 6.92 Å². The van der Waals surface area contributed by atoms with Gasteiger partial charge in [-0.3, -0.25) is 4.79 Å². The lowest BCUT2D eigenvalue weighted by Crippen LogP contribution is -2.23. The van der Waals surface area contributed by atoms with Gasteiger partial charge in [-0.15, -0.1) is 0 Å². The van der Waals surface area contributed by atoms with Crippen LogP contribution in [0, 0.1) is 0 Å². The lowest BCUT2D eigenvalue weighted by molar-refractivity contribution is 0.0818. The molecule has 110 valence electrons. The molecule has 0 aliphatic rings. The largest absolute Gasteiger partial charge is 0.497 e. The van der Waals surface area contributed by atoms with Crippen molar-refractivity contribution in [3.05, 3.63) is 59.7 Å². The number of aryl methyl sites for hydroxylation is 1. The number of rotatable bonds is 6. The average molecular weight is 284 g/mol. The smallest absolute Gasteiger partial charge is 0.202 e. The van der Waals surface area contributed by atoms with Gasteiger partial charge in [-0.1, -0.05) is 19.1 Å². The van der Waals surface area contributed by atoms with Gasteiger partial charge < -0.3 is 9.47 Å². The van der Waals surface area contributed by atoms with Crippen LogP contribution in [0.3, 0.4) is 0 Å². The molecule has 0 N–H and O–H groups in total. The minimum absolute atomic E-state index is 0.0421. The molecule has 0 saturated heterocycles. The Balaban J connectivity index is 2.07. The van der Waals surface area contributed by atoms with E-state index in [-0.39, 0.29) is 5.78 Å². The topological polar surface area (TPSA) is 35.5 Å². The van der Waals surface area contributed by atoms with Crippen molar-refractivity contribution in [2.24, 2.45) is 0 Å². The third-order valence-electron chi connectivity index (χ3n) is 3.36. The van der Waals surface area contributed by atoms with Crippen LogP contribution in [0.4, 0.5) is 0 Å². The molecule has 1 atom stereocenters. The van der Waals surface area contributed by atoms with E-state index in [0.717, 1.165) is 17.9 Å². The highest BCUT2D eigenvalue weighted by atomic mass is 16.5. The Hall–Kier alpha value is -2.29. The highest BCUT2D eigenvalue weighted by Crippen LogP contribution is 2.18. The summed E-state index contributed by atoms with van der Waals surface area (Å²) in [7, 11) is 1.60. The van der Waals surface area contributed by atoms with Crippen molar-refractivity contribution in [3.63, 3.8) is 0 Å². The molecule has 2 aromatic rings. The first-order valence-corrected chi connectivity index (χ1v) is 7.08. The Morgan fingerprint density at radius 1 is 1.10 bits per heavy atom. The number of ketones is 1. The monoisotopic (exact) mass is 284 g/mol. The second kappa shape index (κ2) is 6.93. The van der Waals surface area contributed by atoms with Crippen LogP contribution in [-0.4, -0.2) is 19.0 Å². The van der Waals surface area contributed by atoms with Crippen molar-refractivity contribution in [1.29, 1.82) is 0 Å². The van der Waals surface area contributed by atoms with Crippen LogP contribution in [0.2, 0.25) is 0 Å². The zero-order valence-corrected chi connectivity index (χ0v) is 12.6. The first kappa shape index (κ1) is 15.1. The molecule has 0 aliphatic carbocycles. The lowest BCUT2D eigenvalue weighted by Gasteiger charge is -2.14. The van der Waals surface area contributed by atoms with E-state index in [1.165, 1.54) is 5.56 Å². The number of methoxy groups -OCH3 is 1. The van der Waals surface area contributed by atoms with Gasteiger partial charge in [0, 0.05) is 5.56 Å². The van der Waals surface area contributed by atoms with Crippen LogP contribution in [-0.2, 0) is 6.42 Å². The summed E-state index contributed by atoms with van der Waals surface area (Å²) < 4.78 is 10.8. The molecule has 21 heavy (non-hydrogen) atoms. The van der Waals surface area contributed by atoms with E-state index < -0.39 is 6.10 Å². The Morgan fingerprint density at radius 3 is 2.43 bits per heavy atom. The zero-order chi connectivity index (χ0) is 15.2. The standard InChI is InChI=1S/C18H20O3/c1-4-14-6-5-7-17(12-14)21-13(2)18(19)15-8-10-16(20-3)11-9-15/h5-13H,4H2,1-3H3. The molecule has 0 aliphatic heterocycles. The van der Waals surface area contributed by atoms with Crippen molar-refractivity contribution in [2.75, 3.05) is 7.11 Å². The summed E-state index contributed by atoms with van der Waals surface area (Å²) in [5.41, 5.74) is 1.81. The minimum atomic E-state index is -0.523. The zero-order valence-electron chi connectivity index (χ0n) is 12.6. The summed E-state index contributed by atoms with van der Waals surface area (Å²) in [5, 5.41) is 0. The first-order chi connectivity index (χ1) is 10.1. The predicted octanol–water partition coefficient (Wildman–Crippen LogP) is 3.91. The number of hydrogen-bond acceptors (Lipinski definition) is 3. The highest BCUT2D eigenvalue weighted by molar-refractivity contribution is 5.99. The van der Waals surface area contributed by atoms with Gasteiger partial charge in [-0.05, 0) is 55.3 Å². The molecule has 0 radical (unpaired) electrons. The fraction of sp³-hybridized carbons (Fsp3) is 0.278. The van der Waals surface area contributed by atoms with Gasteiger partial charge in [0.2, 0.25) is 5.78 Å². The van der Waals surface area contributed by atoms with Crippen molar-refractivity contribution in [1.82, 2.24) is 0 Å². The maximum absolute atomic E-state index is 12.3. The lowest BCUT2D eigenvalue weighted by atomic mass is 10.1. The average Bonchev–Trinajstić information content (AvgIpc) is 2.54. The number of Topliss-reactive ketones (excluding diaryl/α,β-unsaturated/α-hetero) is 1. The molecule has 0 heterocycles. The van der Waals surface area contributed by atoms with Crippen molar-refractivity contribution >= 4 is 5.78 Å². The fourth-order valence-electron chi connectivity index (χ4n) is 2.09. The molecule has 1 unspecified atom stereocenters. The highest BCUT2D eigenvalue weighted by Gasteiger charge is 2.17. The van der Waals surface area contributed by atoms with Gasteiger partial charge in [-0.25, -0.2) is 0 Å². The number of benzene rings is 2. The van der Waals surface area contributed by atoms with Crippen molar-refractivity contribution < 1.29 is 14.3 Å². The summed E-state index contributed by atoms with van der Waals surface area (Å²) in [6.07, 6.45) is 0.420. The van der Waals surface area contributed by atoms with Crippen LogP contribution < -0.4 is 9.47 Å². The van der Waals surface area contributed by atoms with Crippen LogP contribution in [0.15, 0.2) is 48.5 Å². The second-order valence-corrected chi connectivity index (χ2v) is 4.85. The van der Waals surface area contributed by atoms with E-state index >= 15 is 0 Å². The van der Waals surface area contributed by atoms with Gasteiger partial charge in [-0.2, -0.15) is 0 Å².